The molecule has 0 amide bonds. The predicted octanol–water partition coefficient (Wildman–Crippen LogP) is 6.44. The molecule has 1 N–H and O–H groups in total. The molecule has 6 rings (SSSR count). The van der Waals surface area contributed by atoms with Gasteiger partial charge >= 0.3 is 5.76 Å². The van der Waals surface area contributed by atoms with Gasteiger partial charge in [0.2, 0.25) is 5.82 Å². The van der Waals surface area contributed by atoms with Crippen molar-refractivity contribution in [3.8, 4) is 22.8 Å². The Kier molecular flexibility index (Phi) is 7.49. The van der Waals surface area contributed by atoms with E-state index >= 15 is 0 Å². The maximum Gasteiger partial charge on any atom is 0.439 e. The number of nitrogens with zero attached hydrogens (tertiary/aromatic N) is 5. The normalized spacial score (nSPS) is 18.3. The Morgan fingerprint density at radius 1 is 1.12 bits per heavy atom. The van der Waals surface area contributed by atoms with Gasteiger partial charge in [0.25, 0.3) is 0 Å². The van der Waals surface area contributed by atoms with Crippen LogP contribution in [0, 0.1) is 11.8 Å². The molecule has 1 aliphatic rings. The quantitative estimate of drug-likeness (QED) is 0.233. The van der Waals surface area contributed by atoms with Gasteiger partial charge in [0.05, 0.1) is 21.7 Å². The lowest BCUT2D eigenvalue weighted by atomic mass is 9.83. The van der Waals surface area contributed by atoms with Gasteiger partial charge in [-0.1, -0.05) is 66.9 Å². The first-order valence-corrected chi connectivity index (χ1v) is 14.1. The van der Waals surface area contributed by atoms with Crippen molar-refractivity contribution in [2.75, 3.05) is 6.61 Å². The number of aromatic amines is 1. The highest BCUT2D eigenvalue weighted by Crippen LogP contribution is 2.38. The molecular formula is C30H31ClN6O3. The van der Waals surface area contributed by atoms with Gasteiger partial charge in [-0.2, -0.15) is 0 Å². The molecule has 4 aromatic heterocycles. The van der Waals surface area contributed by atoms with Crippen LogP contribution in [0.5, 0.6) is 0 Å². The second kappa shape index (κ2) is 11.3. The molecule has 1 unspecified atom stereocenters. The summed E-state index contributed by atoms with van der Waals surface area (Å²) in [5.74, 6) is 1.64. The number of hydrogen-bond acceptors (Lipinski definition) is 7. The summed E-state index contributed by atoms with van der Waals surface area (Å²) >= 11 is 6.38. The number of fused-ring (bicyclic) bond motifs is 1. The van der Waals surface area contributed by atoms with Crippen molar-refractivity contribution in [1.29, 1.82) is 0 Å². The van der Waals surface area contributed by atoms with Gasteiger partial charge in [-0.3, -0.25) is 14.5 Å². The number of rotatable bonds is 8. The van der Waals surface area contributed by atoms with Crippen LogP contribution in [0.1, 0.15) is 57.0 Å². The number of aromatic nitrogens is 6. The van der Waals surface area contributed by atoms with Crippen LogP contribution in [0.25, 0.3) is 33.8 Å². The monoisotopic (exact) mass is 558 g/mol. The topological polar surface area (TPSA) is 112 Å². The molecule has 0 aliphatic heterocycles. The van der Waals surface area contributed by atoms with Crippen molar-refractivity contribution in [2.24, 2.45) is 11.8 Å². The van der Waals surface area contributed by atoms with Crippen LogP contribution in [-0.4, -0.2) is 36.3 Å². The summed E-state index contributed by atoms with van der Waals surface area (Å²) in [6.45, 7) is 5.64. The third-order valence-corrected chi connectivity index (χ3v) is 7.87. The third kappa shape index (κ3) is 5.31. The first-order valence-electron chi connectivity index (χ1n) is 13.7. The fourth-order valence-corrected chi connectivity index (χ4v) is 5.82. The maximum atomic E-state index is 11.8. The molecule has 0 radical (unpaired) electrons. The number of benzene rings is 1. The van der Waals surface area contributed by atoms with E-state index in [-0.39, 0.29) is 11.9 Å². The highest BCUT2D eigenvalue weighted by atomic mass is 35.5. The van der Waals surface area contributed by atoms with Gasteiger partial charge in [-0.05, 0) is 49.3 Å². The van der Waals surface area contributed by atoms with E-state index in [2.05, 4.69) is 38.7 Å². The van der Waals surface area contributed by atoms with E-state index in [0.717, 1.165) is 47.8 Å². The third-order valence-electron chi connectivity index (χ3n) is 7.66. The summed E-state index contributed by atoms with van der Waals surface area (Å²) < 4.78 is 13.4. The van der Waals surface area contributed by atoms with Crippen LogP contribution in [0.15, 0.2) is 64.2 Å². The van der Waals surface area contributed by atoms with Gasteiger partial charge < -0.3 is 9.30 Å². The molecular weight excluding hydrogens is 528 g/mol. The molecule has 1 aliphatic carbocycles. The zero-order valence-electron chi connectivity index (χ0n) is 22.5. The fourth-order valence-electron chi connectivity index (χ4n) is 5.65. The summed E-state index contributed by atoms with van der Waals surface area (Å²) in [6.07, 6.45) is 7.70. The van der Waals surface area contributed by atoms with Gasteiger partial charge in [0.1, 0.15) is 17.6 Å². The molecule has 9 nitrogen and oxygen atoms in total. The SMILES string of the molecule is CCOC(c1ccccc1)c1nc2cc(-c3noc(=O)[nH]3)nc(-c3cncc(Cl)c3)c2n1CC1CCC(C)CC1. The molecule has 1 saturated carbocycles. The molecule has 0 bridgehead atoms. The van der Waals surface area contributed by atoms with Crippen molar-refractivity contribution >= 4 is 22.6 Å². The van der Waals surface area contributed by atoms with Crippen LogP contribution in [-0.2, 0) is 11.3 Å². The van der Waals surface area contributed by atoms with Crippen molar-refractivity contribution in [3.63, 3.8) is 0 Å². The summed E-state index contributed by atoms with van der Waals surface area (Å²) in [6, 6.07) is 13.8. The number of H-pyrrole nitrogens is 1. The number of nitrogens with one attached hydrogen (secondary N) is 1. The molecule has 206 valence electrons. The number of hydrogen-bond donors (Lipinski definition) is 1. The molecule has 10 heteroatoms. The van der Waals surface area contributed by atoms with Crippen molar-refractivity contribution in [1.82, 2.24) is 29.7 Å². The second-order valence-corrected chi connectivity index (χ2v) is 10.9. The number of pyridine rings is 2. The van der Waals surface area contributed by atoms with Gasteiger partial charge in [-0.25, -0.2) is 14.8 Å². The number of ether oxygens (including phenoxy) is 1. The van der Waals surface area contributed by atoms with Crippen LogP contribution in [0.2, 0.25) is 5.02 Å². The van der Waals surface area contributed by atoms with Gasteiger partial charge in [-0.15, -0.1) is 0 Å². The molecule has 40 heavy (non-hydrogen) atoms. The minimum absolute atomic E-state index is 0.227. The fraction of sp³-hybridized carbons (Fsp3) is 0.367. The molecule has 1 atom stereocenters. The van der Waals surface area contributed by atoms with E-state index in [1.165, 1.54) is 12.8 Å². The predicted molar refractivity (Wildman–Crippen MR) is 153 cm³/mol. The lowest BCUT2D eigenvalue weighted by Crippen LogP contribution is -2.21. The zero-order chi connectivity index (χ0) is 27.6. The molecule has 0 saturated heterocycles. The smallest absolute Gasteiger partial charge is 0.366 e. The van der Waals surface area contributed by atoms with E-state index in [9.17, 15) is 4.79 Å². The average Bonchev–Trinajstić information content (AvgIpc) is 3.56. The Morgan fingerprint density at radius 3 is 2.62 bits per heavy atom. The Hall–Kier alpha value is -3.82. The Bertz CT molecular complexity index is 1670. The van der Waals surface area contributed by atoms with E-state index in [1.54, 1.807) is 12.4 Å². The molecule has 0 spiro atoms. The number of imidazole rings is 1. The molecule has 5 aromatic rings. The standard InChI is InChI=1S/C30H31ClN6O3/c1-3-39-27(20-7-5-4-6-8-20)29-34-23-14-24(28-35-30(38)40-36-28)33-25(21-13-22(31)16-32-15-21)26(23)37(29)17-19-11-9-18(2)10-12-19/h4-8,13-16,18-19,27H,3,9-12,17H2,1-2H3,(H,35,36,38). The molecule has 1 fully saturated rings. The average molecular weight is 559 g/mol. The van der Waals surface area contributed by atoms with Crippen molar-refractivity contribution in [3.05, 3.63) is 81.8 Å². The van der Waals surface area contributed by atoms with Crippen molar-refractivity contribution < 1.29 is 9.26 Å². The minimum Gasteiger partial charge on any atom is -0.366 e. The summed E-state index contributed by atoms with van der Waals surface area (Å²) in [5, 5.41) is 4.38. The van der Waals surface area contributed by atoms with E-state index in [1.807, 2.05) is 37.3 Å². The number of halogens is 1. The Balaban J connectivity index is 1.61. The zero-order valence-corrected chi connectivity index (χ0v) is 23.3. The van der Waals surface area contributed by atoms with Gasteiger partial charge in [0, 0.05) is 31.1 Å². The van der Waals surface area contributed by atoms with E-state index in [0.29, 0.717) is 34.5 Å². The first kappa shape index (κ1) is 26.4. The highest BCUT2D eigenvalue weighted by molar-refractivity contribution is 6.30. The maximum absolute atomic E-state index is 11.8. The highest BCUT2D eigenvalue weighted by Gasteiger charge is 2.28. The minimum atomic E-state index is -0.652. The second-order valence-electron chi connectivity index (χ2n) is 10.5. The van der Waals surface area contributed by atoms with E-state index in [4.69, 9.17) is 30.8 Å². The van der Waals surface area contributed by atoms with Gasteiger partial charge in [0.15, 0.2) is 0 Å². The van der Waals surface area contributed by atoms with Crippen LogP contribution < -0.4 is 5.76 Å². The lowest BCUT2D eigenvalue weighted by molar-refractivity contribution is 0.0817. The largest absolute Gasteiger partial charge is 0.439 e. The summed E-state index contributed by atoms with van der Waals surface area (Å²) in [4.78, 5) is 28.9. The Morgan fingerprint density at radius 2 is 1.93 bits per heavy atom. The van der Waals surface area contributed by atoms with Crippen LogP contribution in [0.3, 0.4) is 0 Å². The Labute approximate surface area is 236 Å². The molecule has 4 heterocycles. The van der Waals surface area contributed by atoms with E-state index < -0.39 is 5.76 Å². The van der Waals surface area contributed by atoms with Crippen molar-refractivity contribution in [2.45, 2.75) is 52.2 Å². The summed E-state index contributed by atoms with van der Waals surface area (Å²) in [5.41, 5.74) is 4.43. The van der Waals surface area contributed by atoms with Crippen LogP contribution >= 0.6 is 11.6 Å². The lowest BCUT2D eigenvalue weighted by Gasteiger charge is -2.28. The first-order chi connectivity index (χ1) is 19.5. The van der Waals surface area contributed by atoms with Crippen LogP contribution in [0.4, 0.5) is 0 Å². The summed E-state index contributed by atoms with van der Waals surface area (Å²) in [7, 11) is 0. The molecule has 1 aromatic carbocycles.